The molecule has 0 aliphatic carbocycles. The lowest BCUT2D eigenvalue weighted by Gasteiger charge is -2.14. The Labute approximate surface area is 98.0 Å². The van der Waals surface area contributed by atoms with Gasteiger partial charge in [-0.25, -0.2) is 0 Å². The molecule has 1 aromatic rings. The Hall–Kier alpha value is -0.610. The zero-order valence-corrected chi connectivity index (χ0v) is 10.8. The van der Waals surface area contributed by atoms with Crippen LogP contribution in [0.3, 0.4) is 0 Å². The molecule has 0 aromatic heterocycles. The number of aryl methyl sites for hydroxylation is 1. The fourth-order valence-electron chi connectivity index (χ4n) is 0.873. The van der Waals surface area contributed by atoms with E-state index in [9.17, 15) is 0 Å². The van der Waals surface area contributed by atoms with E-state index in [0.717, 1.165) is 15.8 Å². The lowest BCUT2D eigenvalue weighted by Crippen LogP contribution is -2.24. The summed E-state index contributed by atoms with van der Waals surface area (Å²) in [6.45, 7) is 2.01. The van der Waals surface area contributed by atoms with Gasteiger partial charge in [0, 0.05) is 18.6 Å². The summed E-state index contributed by atoms with van der Waals surface area (Å²) in [6, 6.07) is 5.77. The van der Waals surface area contributed by atoms with Gasteiger partial charge in [-0.3, -0.25) is 0 Å². The number of hydrogen-bond acceptors (Lipinski definition) is 2. The molecule has 0 saturated heterocycles. The van der Waals surface area contributed by atoms with E-state index in [4.69, 9.17) is 17.0 Å². The highest BCUT2D eigenvalue weighted by atomic mass is 79.9. The minimum absolute atomic E-state index is 0.465. The first-order valence-electron chi connectivity index (χ1n) is 4.16. The van der Waals surface area contributed by atoms with Crippen LogP contribution in [0.2, 0.25) is 0 Å². The number of ether oxygens (including phenoxy) is 1. The maximum Gasteiger partial charge on any atom is 0.264 e. The van der Waals surface area contributed by atoms with E-state index in [-0.39, 0.29) is 0 Å². The van der Waals surface area contributed by atoms with E-state index in [1.165, 1.54) is 0 Å². The molecule has 14 heavy (non-hydrogen) atoms. The molecule has 0 unspecified atom stereocenters. The van der Waals surface area contributed by atoms with Gasteiger partial charge in [-0.05, 0) is 42.9 Å². The second-order valence-corrected chi connectivity index (χ2v) is 4.38. The smallest absolute Gasteiger partial charge is 0.264 e. The lowest BCUT2D eigenvalue weighted by molar-refractivity contribution is 0.449. The Morgan fingerprint density at radius 1 is 1.43 bits per heavy atom. The van der Waals surface area contributed by atoms with Crippen LogP contribution < -0.4 is 4.74 Å². The first kappa shape index (κ1) is 11.5. The van der Waals surface area contributed by atoms with Crippen molar-refractivity contribution in [1.82, 2.24) is 4.90 Å². The van der Waals surface area contributed by atoms with E-state index < -0.39 is 0 Å². The maximum absolute atomic E-state index is 5.45. The topological polar surface area (TPSA) is 12.5 Å². The van der Waals surface area contributed by atoms with Crippen LogP contribution in [0.25, 0.3) is 0 Å². The summed E-state index contributed by atoms with van der Waals surface area (Å²) in [7, 11) is 3.71. The fourth-order valence-corrected chi connectivity index (χ4v) is 1.22. The van der Waals surface area contributed by atoms with Crippen molar-refractivity contribution in [1.29, 1.82) is 0 Å². The molecular formula is C10H12BrNOS. The van der Waals surface area contributed by atoms with Crippen LogP contribution in [-0.2, 0) is 0 Å². The van der Waals surface area contributed by atoms with Crippen LogP contribution >= 0.6 is 28.1 Å². The zero-order chi connectivity index (χ0) is 10.7. The minimum Gasteiger partial charge on any atom is -0.432 e. The van der Waals surface area contributed by atoms with Gasteiger partial charge in [-0.1, -0.05) is 15.9 Å². The Balaban J connectivity index is 2.78. The van der Waals surface area contributed by atoms with Crippen molar-refractivity contribution in [3.63, 3.8) is 0 Å². The van der Waals surface area contributed by atoms with Gasteiger partial charge in [0.05, 0.1) is 0 Å². The number of nitrogens with zero attached hydrogens (tertiary/aromatic N) is 1. The molecule has 0 bridgehead atoms. The first-order valence-corrected chi connectivity index (χ1v) is 5.36. The Kier molecular flexibility index (Phi) is 3.89. The molecule has 0 aliphatic rings. The molecule has 0 radical (unpaired) electrons. The minimum atomic E-state index is 0.465. The van der Waals surface area contributed by atoms with Crippen molar-refractivity contribution in [2.24, 2.45) is 0 Å². The molecule has 4 heteroatoms. The van der Waals surface area contributed by atoms with Crippen LogP contribution in [0.4, 0.5) is 0 Å². The largest absolute Gasteiger partial charge is 0.432 e. The van der Waals surface area contributed by atoms with Gasteiger partial charge < -0.3 is 9.64 Å². The predicted molar refractivity (Wildman–Crippen MR) is 65.8 cm³/mol. The van der Waals surface area contributed by atoms with Gasteiger partial charge in [0.15, 0.2) is 0 Å². The van der Waals surface area contributed by atoms with Gasteiger partial charge >= 0.3 is 0 Å². The summed E-state index contributed by atoms with van der Waals surface area (Å²) in [5.41, 5.74) is 1.13. The number of hydrogen-bond donors (Lipinski definition) is 0. The summed E-state index contributed by atoms with van der Waals surface area (Å²) < 4.78 is 6.52. The number of rotatable bonds is 1. The lowest BCUT2D eigenvalue weighted by atomic mass is 10.2. The van der Waals surface area contributed by atoms with Gasteiger partial charge in [0.1, 0.15) is 5.75 Å². The highest BCUT2D eigenvalue weighted by molar-refractivity contribution is 9.10. The molecule has 0 saturated carbocycles. The summed E-state index contributed by atoms with van der Waals surface area (Å²) in [4.78, 5) is 1.76. The molecule has 0 aliphatic heterocycles. The van der Waals surface area contributed by atoms with Crippen molar-refractivity contribution in [2.45, 2.75) is 6.92 Å². The average Bonchev–Trinajstić information content (AvgIpc) is 2.11. The maximum atomic E-state index is 5.45. The second kappa shape index (κ2) is 4.75. The summed E-state index contributed by atoms with van der Waals surface area (Å²) in [5.74, 6) is 0.768. The summed E-state index contributed by atoms with van der Waals surface area (Å²) >= 11 is 8.45. The van der Waals surface area contributed by atoms with Crippen molar-refractivity contribution >= 4 is 33.3 Å². The third kappa shape index (κ3) is 2.96. The molecular weight excluding hydrogens is 262 g/mol. The zero-order valence-electron chi connectivity index (χ0n) is 8.37. The Morgan fingerprint density at radius 2 is 2.07 bits per heavy atom. The van der Waals surface area contributed by atoms with Crippen LogP contribution in [-0.4, -0.2) is 24.2 Å². The van der Waals surface area contributed by atoms with E-state index in [2.05, 4.69) is 15.9 Å². The molecule has 0 N–H and O–H groups in total. The predicted octanol–water partition coefficient (Wildman–Crippen LogP) is 2.98. The van der Waals surface area contributed by atoms with Gasteiger partial charge in [-0.15, -0.1) is 0 Å². The molecule has 1 aromatic carbocycles. The van der Waals surface area contributed by atoms with E-state index in [1.54, 1.807) is 4.90 Å². The molecule has 2 nitrogen and oxygen atoms in total. The van der Waals surface area contributed by atoms with Gasteiger partial charge in [-0.2, -0.15) is 0 Å². The summed E-state index contributed by atoms with van der Waals surface area (Å²) in [5, 5.41) is 0.465. The SMILES string of the molecule is Cc1cc(OC(=S)N(C)C)ccc1Br. The highest BCUT2D eigenvalue weighted by Crippen LogP contribution is 2.21. The third-order valence-corrected chi connectivity index (χ3v) is 3.04. The Morgan fingerprint density at radius 3 is 2.57 bits per heavy atom. The third-order valence-electron chi connectivity index (χ3n) is 1.70. The van der Waals surface area contributed by atoms with Crippen LogP contribution in [0.5, 0.6) is 5.75 Å². The standard InChI is InChI=1S/C10H12BrNOS/c1-7-6-8(4-5-9(7)11)13-10(14)12(2)3/h4-6H,1-3H3. The molecule has 76 valence electrons. The van der Waals surface area contributed by atoms with Crippen molar-refractivity contribution < 1.29 is 4.74 Å². The van der Waals surface area contributed by atoms with E-state index >= 15 is 0 Å². The second-order valence-electron chi connectivity index (χ2n) is 3.17. The Bertz CT molecular complexity index is 352. The monoisotopic (exact) mass is 273 g/mol. The molecule has 0 heterocycles. The quantitative estimate of drug-likeness (QED) is 0.730. The molecule has 0 spiro atoms. The first-order chi connectivity index (χ1) is 6.50. The fraction of sp³-hybridized carbons (Fsp3) is 0.300. The van der Waals surface area contributed by atoms with Crippen molar-refractivity contribution in [3.05, 3.63) is 28.2 Å². The van der Waals surface area contributed by atoms with Crippen molar-refractivity contribution in [3.8, 4) is 5.75 Å². The average molecular weight is 274 g/mol. The number of thiocarbonyl (C=S) groups is 1. The van der Waals surface area contributed by atoms with E-state index in [0.29, 0.717) is 5.17 Å². The highest BCUT2D eigenvalue weighted by Gasteiger charge is 2.03. The molecule has 0 amide bonds. The normalized spacial score (nSPS) is 9.71. The van der Waals surface area contributed by atoms with Crippen LogP contribution in [0.1, 0.15) is 5.56 Å². The van der Waals surface area contributed by atoms with Crippen LogP contribution in [0.15, 0.2) is 22.7 Å². The molecule has 0 atom stereocenters. The van der Waals surface area contributed by atoms with E-state index in [1.807, 2.05) is 39.2 Å². The van der Waals surface area contributed by atoms with Crippen LogP contribution in [0, 0.1) is 6.92 Å². The number of benzene rings is 1. The van der Waals surface area contributed by atoms with Gasteiger partial charge in [0.25, 0.3) is 5.17 Å². The van der Waals surface area contributed by atoms with Gasteiger partial charge in [0.2, 0.25) is 0 Å². The summed E-state index contributed by atoms with van der Waals surface area (Å²) in [6.07, 6.45) is 0. The molecule has 1 rings (SSSR count). The number of halogens is 1. The molecule has 0 fully saturated rings. The van der Waals surface area contributed by atoms with Crippen molar-refractivity contribution in [2.75, 3.05) is 14.1 Å².